The highest BCUT2D eigenvalue weighted by molar-refractivity contribution is 9.10. The summed E-state index contributed by atoms with van der Waals surface area (Å²) in [5, 5.41) is 11.5. The van der Waals surface area contributed by atoms with E-state index in [9.17, 15) is 0 Å². The van der Waals surface area contributed by atoms with Crippen molar-refractivity contribution in [2.45, 2.75) is 0 Å². The standard InChI is InChI=1S/C14H13BrN6O/c1-22-11-4-9(17)7(5-16)2-10(11)20-13-8-3-12(15)21-14(8)19-6-18-13/h2-6,16H,17H2,1H3,(H2,18,19,20,21). The first-order chi connectivity index (χ1) is 10.6. The van der Waals surface area contributed by atoms with Crippen LogP contribution >= 0.6 is 15.9 Å². The van der Waals surface area contributed by atoms with Gasteiger partial charge in [0.1, 0.15) is 23.5 Å². The maximum Gasteiger partial charge on any atom is 0.144 e. The summed E-state index contributed by atoms with van der Waals surface area (Å²) in [7, 11) is 1.56. The van der Waals surface area contributed by atoms with Crippen LogP contribution in [-0.4, -0.2) is 28.3 Å². The maximum atomic E-state index is 7.41. The van der Waals surface area contributed by atoms with E-state index in [0.717, 1.165) is 9.99 Å². The van der Waals surface area contributed by atoms with E-state index in [-0.39, 0.29) is 0 Å². The zero-order valence-corrected chi connectivity index (χ0v) is 13.2. The number of anilines is 3. The molecule has 0 saturated heterocycles. The third-order valence-electron chi connectivity index (χ3n) is 3.21. The Morgan fingerprint density at radius 1 is 1.36 bits per heavy atom. The number of aromatic nitrogens is 3. The summed E-state index contributed by atoms with van der Waals surface area (Å²) in [6.07, 6.45) is 2.66. The average molecular weight is 361 g/mol. The topological polar surface area (TPSA) is 113 Å². The summed E-state index contributed by atoms with van der Waals surface area (Å²) in [5.74, 6) is 1.20. The van der Waals surface area contributed by atoms with Crippen LogP contribution in [0, 0.1) is 5.41 Å². The van der Waals surface area contributed by atoms with E-state index >= 15 is 0 Å². The number of rotatable bonds is 4. The number of hydrogen-bond acceptors (Lipinski definition) is 6. The summed E-state index contributed by atoms with van der Waals surface area (Å²) in [4.78, 5) is 11.5. The molecule has 0 radical (unpaired) electrons. The second-order valence-corrected chi connectivity index (χ2v) is 5.41. The van der Waals surface area contributed by atoms with E-state index in [1.807, 2.05) is 6.07 Å². The van der Waals surface area contributed by atoms with Gasteiger partial charge in [-0.05, 0) is 28.1 Å². The van der Waals surface area contributed by atoms with Crippen molar-refractivity contribution in [2.75, 3.05) is 18.2 Å². The number of benzene rings is 1. The third kappa shape index (κ3) is 2.48. The minimum Gasteiger partial charge on any atom is -0.494 e. The predicted molar refractivity (Wildman–Crippen MR) is 90.2 cm³/mol. The van der Waals surface area contributed by atoms with Gasteiger partial charge in [-0.25, -0.2) is 9.97 Å². The molecule has 2 aromatic heterocycles. The fraction of sp³-hybridized carbons (Fsp3) is 0.0714. The van der Waals surface area contributed by atoms with E-state index in [1.165, 1.54) is 12.5 Å². The molecule has 3 rings (SSSR count). The quantitative estimate of drug-likeness (QED) is 0.421. The first kappa shape index (κ1) is 14.3. The number of halogens is 1. The molecule has 112 valence electrons. The van der Waals surface area contributed by atoms with Crippen LogP contribution < -0.4 is 15.8 Å². The van der Waals surface area contributed by atoms with Gasteiger partial charge in [0.15, 0.2) is 0 Å². The molecular formula is C14H13BrN6O. The van der Waals surface area contributed by atoms with Crippen molar-refractivity contribution in [3.8, 4) is 5.75 Å². The Bertz CT molecular complexity index is 860. The highest BCUT2D eigenvalue weighted by Gasteiger charge is 2.12. The Morgan fingerprint density at radius 2 is 2.18 bits per heavy atom. The number of hydrogen-bond donors (Lipinski definition) is 4. The smallest absolute Gasteiger partial charge is 0.144 e. The first-order valence-corrected chi connectivity index (χ1v) is 7.16. The summed E-state index contributed by atoms with van der Waals surface area (Å²) in [5.41, 5.74) is 8.34. The molecular weight excluding hydrogens is 348 g/mol. The van der Waals surface area contributed by atoms with E-state index in [0.29, 0.717) is 34.2 Å². The van der Waals surface area contributed by atoms with Crippen LogP contribution in [0.1, 0.15) is 5.56 Å². The van der Waals surface area contributed by atoms with Gasteiger partial charge < -0.3 is 26.2 Å². The summed E-state index contributed by atoms with van der Waals surface area (Å²) < 4.78 is 6.15. The second-order valence-electron chi connectivity index (χ2n) is 4.55. The van der Waals surface area contributed by atoms with Gasteiger partial charge in [-0.1, -0.05) is 0 Å². The van der Waals surface area contributed by atoms with Crippen LogP contribution in [0.15, 0.2) is 29.1 Å². The number of nitrogens with zero attached hydrogens (tertiary/aromatic N) is 2. The average Bonchev–Trinajstić information content (AvgIpc) is 2.89. The number of aromatic amines is 1. The molecule has 1 aromatic carbocycles. The lowest BCUT2D eigenvalue weighted by atomic mass is 10.1. The molecule has 0 spiro atoms. The molecule has 7 nitrogen and oxygen atoms in total. The lowest BCUT2D eigenvalue weighted by Crippen LogP contribution is -2.01. The molecule has 2 heterocycles. The van der Waals surface area contributed by atoms with Crippen molar-refractivity contribution in [2.24, 2.45) is 0 Å². The first-order valence-electron chi connectivity index (χ1n) is 6.36. The summed E-state index contributed by atoms with van der Waals surface area (Å²) in [6, 6.07) is 5.31. The second kappa shape index (κ2) is 5.64. The molecule has 8 heteroatoms. The van der Waals surface area contributed by atoms with Crippen LogP contribution in [0.3, 0.4) is 0 Å². The van der Waals surface area contributed by atoms with Crippen molar-refractivity contribution >= 4 is 50.4 Å². The van der Waals surface area contributed by atoms with Gasteiger partial charge in [-0.15, -0.1) is 0 Å². The molecule has 0 amide bonds. The van der Waals surface area contributed by atoms with Gasteiger partial charge in [0.2, 0.25) is 0 Å². The van der Waals surface area contributed by atoms with E-state index in [2.05, 4.69) is 36.2 Å². The van der Waals surface area contributed by atoms with Crippen molar-refractivity contribution in [1.82, 2.24) is 15.0 Å². The normalized spacial score (nSPS) is 10.6. The van der Waals surface area contributed by atoms with E-state index < -0.39 is 0 Å². The lowest BCUT2D eigenvalue weighted by Gasteiger charge is -2.13. The van der Waals surface area contributed by atoms with Crippen LogP contribution in [0.4, 0.5) is 17.2 Å². The minimum absolute atomic E-state index is 0.481. The fourth-order valence-electron chi connectivity index (χ4n) is 2.14. The molecule has 0 aliphatic carbocycles. The van der Waals surface area contributed by atoms with Crippen LogP contribution in [0.2, 0.25) is 0 Å². The largest absolute Gasteiger partial charge is 0.494 e. The van der Waals surface area contributed by atoms with Crippen molar-refractivity contribution in [3.63, 3.8) is 0 Å². The predicted octanol–water partition coefficient (Wildman–Crippen LogP) is 3.05. The highest BCUT2D eigenvalue weighted by Crippen LogP contribution is 2.33. The van der Waals surface area contributed by atoms with Crippen LogP contribution in [0.25, 0.3) is 11.0 Å². The zero-order chi connectivity index (χ0) is 15.7. The van der Waals surface area contributed by atoms with Gasteiger partial charge in [-0.3, -0.25) is 0 Å². The number of fused-ring (bicyclic) bond motifs is 1. The monoisotopic (exact) mass is 360 g/mol. The van der Waals surface area contributed by atoms with Crippen molar-refractivity contribution in [3.05, 3.63) is 34.7 Å². The molecule has 0 bridgehead atoms. The van der Waals surface area contributed by atoms with Crippen molar-refractivity contribution < 1.29 is 4.74 Å². The molecule has 0 fully saturated rings. The highest BCUT2D eigenvalue weighted by atomic mass is 79.9. The molecule has 0 atom stereocenters. The molecule has 5 N–H and O–H groups in total. The fourth-order valence-corrected chi connectivity index (χ4v) is 2.56. The molecule has 0 saturated carbocycles. The van der Waals surface area contributed by atoms with Gasteiger partial charge in [0.05, 0.1) is 22.8 Å². The number of H-pyrrole nitrogens is 1. The lowest BCUT2D eigenvalue weighted by molar-refractivity contribution is 0.417. The maximum absolute atomic E-state index is 7.41. The summed E-state index contributed by atoms with van der Waals surface area (Å²) >= 11 is 3.38. The number of nitrogens with one attached hydrogen (secondary N) is 3. The number of ether oxygens (including phenoxy) is 1. The van der Waals surface area contributed by atoms with E-state index in [4.69, 9.17) is 15.9 Å². The van der Waals surface area contributed by atoms with Crippen LogP contribution in [-0.2, 0) is 0 Å². The van der Waals surface area contributed by atoms with Gasteiger partial charge in [0, 0.05) is 23.5 Å². The number of nitrogen functional groups attached to an aromatic ring is 1. The van der Waals surface area contributed by atoms with Gasteiger partial charge in [-0.2, -0.15) is 0 Å². The molecule has 0 aliphatic rings. The summed E-state index contributed by atoms with van der Waals surface area (Å²) in [6.45, 7) is 0. The number of methoxy groups -OCH3 is 1. The Kier molecular flexibility index (Phi) is 3.68. The zero-order valence-electron chi connectivity index (χ0n) is 11.6. The Labute approximate surface area is 134 Å². The SMILES string of the molecule is COc1cc(N)c(C=N)cc1Nc1ncnc2[nH]c(Br)cc12. The Morgan fingerprint density at radius 3 is 2.91 bits per heavy atom. The van der Waals surface area contributed by atoms with Crippen LogP contribution in [0.5, 0.6) is 5.75 Å². The Balaban J connectivity index is 2.09. The molecule has 0 aliphatic heterocycles. The third-order valence-corrected chi connectivity index (χ3v) is 3.63. The Hall–Kier alpha value is -2.61. The molecule has 22 heavy (non-hydrogen) atoms. The van der Waals surface area contributed by atoms with Crippen molar-refractivity contribution in [1.29, 1.82) is 5.41 Å². The number of nitrogens with two attached hydrogens (primary N) is 1. The molecule has 3 aromatic rings. The molecule has 0 unspecified atom stereocenters. The van der Waals surface area contributed by atoms with Gasteiger partial charge in [0.25, 0.3) is 0 Å². The van der Waals surface area contributed by atoms with E-state index in [1.54, 1.807) is 19.2 Å². The minimum atomic E-state index is 0.481. The van der Waals surface area contributed by atoms with Gasteiger partial charge >= 0.3 is 0 Å².